The van der Waals surface area contributed by atoms with E-state index < -0.39 is 30.4 Å². The Morgan fingerprint density at radius 1 is 0.971 bits per heavy atom. The number of anilines is 1. The topological polar surface area (TPSA) is 95.9 Å². The SMILES string of the molecule is CCN(C(=O)C(CC(=O)O)NC(=O)OCC1c2ccccc2-c2ccccc21)c1cccc(C)c1. The second-order valence-electron chi connectivity index (χ2n) is 8.54. The van der Waals surface area contributed by atoms with Gasteiger partial charge in [0.2, 0.25) is 5.91 Å². The summed E-state index contributed by atoms with van der Waals surface area (Å²) in [6, 6.07) is 22.0. The summed E-state index contributed by atoms with van der Waals surface area (Å²) in [5.74, 6) is -1.84. The second kappa shape index (κ2) is 10.4. The molecule has 1 aliphatic carbocycles. The van der Waals surface area contributed by atoms with Gasteiger partial charge >= 0.3 is 12.1 Å². The van der Waals surface area contributed by atoms with Crippen molar-refractivity contribution >= 4 is 23.7 Å². The number of aryl methyl sites for hydroxylation is 1. The molecule has 7 nitrogen and oxygen atoms in total. The third kappa shape index (κ3) is 5.19. The number of alkyl carbamates (subject to hydrolysis) is 1. The molecule has 7 heteroatoms. The van der Waals surface area contributed by atoms with Crippen LogP contribution in [0.1, 0.15) is 36.0 Å². The average Bonchev–Trinajstić information content (AvgIpc) is 3.16. The number of amides is 2. The number of carboxylic acid groups (broad SMARTS) is 1. The van der Waals surface area contributed by atoms with Crippen molar-refractivity contribution in [2.24, 2.45) is 0 Å². The number of nitrogens with zero attached hydrogens (tertiary/aromatic N) is 1. The number of hydrogen-bond donors (Lipinski definition) is 2. The molecule has 35 heavy (non-hydrogen) atoms. The number of rotatable bonds is 8. The number of aliphatic carboxylic acids is 1. The monoisotopic (exact) mass is 472 g/mol. The fourth-order valence-corrected chi connectivity index (χ4v) is 4.61. The Morgan fingerprint density at radius 2 is 1.60 bits per heavy atom. The normalized spacial score (nSPS) is 12.9. The Hall–Kier alpha value is -4.13. The Balaban J connectivity index is 1.48. The van der Waals surface area contributed by atoms with Crippen LogP contribution in [0.2, 0.25) is 0 Å². The van der Waals surface area contributed by atoms with E-state index in [0.29, 0.717) is 12.2 Å². The molecule has 0 aromatic heterocycles. The van der Waals surface area contributed by atoms with Gasteiger partial charge in [-0.25, -0.2) is 4.79 Å². The van der Waals surface area contributed by atoms with Gasteiger partial charge in [-0.15, -0.1) is 0 Å². The van der Waals surface area contributed by atoms with Crippen molar-refractivity contribution in [2.75, 3.05) is 18.1 Å². The molecule has 1 unspecified atom stereocenters. The zero-order valence-electron chi connectivity index (χ0n) is 19.7. The van der Waals surface area contributed by atoms with Crippen LogP contribution in [0.4, 0.5) is 10.5 Å². The first kappa shape index (κ1) is 24.0. The Labute approximate surface area is 204 Å². The molecule has 0 heterocycles. The fraction of sp³-hybridized carbons (Fsp3) is 0.250. The minimum absolute atomic E-state index is 0.0726. The van der Waals surface area contributed by atoms with Gasteiger partial charge in [0.15, 0.2) is 0 Å². The van der Waals surface area contributed by atoms with Crippen molar-refractivity contribution in [1.29, 1.82) is 0 Å². The first-order valence-electron chi connectivity index (χ1n) is 11.6. The molecule has 1 atom stereocenters. The molecular weight excluding hydrogens is 444 g/mol. The molecule has 0 saturated carbocycles. The van der Waals surface area contributed by atoms with Crippen LogP contribution in [0, 0.1) is 6.92 Å². The smallest absolute Gasteiger partial charge is 0.407 e. The molecule has 2 amide bonds. The minimum Gasteiger partial charge on any atom is -0.481 e. The van der Waals surface area contributed by atoms with Crippen molar-refractivity contribution in [2.45, 2.75) is 32.2 Å². The highest BCUT2D eigenvalue weighted by atomic mass is 16.5. The average molecular weight is 473 g/mol. The van der Waals surface area contributed by atoms with Crippen LogP contribution in [-0.2, 0) is 14.3 Å². The molecule has 0 radical (unpaired) electrons. The number of fused-ring (bicyclic) bond motifs is 3. The molecule has 0 saturated heterocycles. The van der Waals surface area contributed by atoms with E-state index in [1.54, 1.807) is 13.0 Å². The van der Waals surface area contributed by atoms with Crippen LogP contribution in [0.5, 0.6) is 0 Å². The van der Waals surface area contributed by atoms with Crippen molar-refractivity contribution in [1.82, 2.24) is 5.32 Å². The molecule has 180 valence electrons. The summed E-state index contributed by atoms with van der Waals surface area (Å²) in [6.07, 6.45) is -1.38. The molecule has 1 aliphatic rings. The van der Waals surface area contributed by atoms with E-state index >= 15 is 0 Å². The molecular formula is C28H28N2O5. The molecule has 0 spiro atoms. The van der Waals surface area contributed by atoms with E-state index in [1.165, 1.54) is 4.90 Å². The van der Waals surface area contributed by atoms with Gasteiger partial charge in [-0.2, -0.15) is 0 Å². The van der Waals surface area contributed by atoms with Gasteiger partial charge in [0.25, 0.3) is 0 Å². The summed E-state index contributed by atoms with van der Waals surface area (Å²) in [5, 5.41) is 11.9. The second-order valence-corrected chi connectivity index (χ2v) is 8.54. The van der Waals surface area contributed by atoms with Crippen LogP contribution >= 0.6 is 0 Å². The zero-order valence-corrected chi connectivity index (χ0v) is 19.7. The highest BCUT2D eigenvalue weighted by Crippen LogP contribution is 2.44. The maximum Gasteiger partial charge on any atom is 0.407 e. The van der Waals surface area contributed by atoms with Crippen LogP contribution in [0.3, 0.4) is 0 Å². The van der Waals surface area contributed by atoms with E-state index in [4.69, 9.17) is 4.74 Å². The lowest BCUT2D eigenvalue weighted by molar-refractivity contribution is -0.139. The van der Waals surface area contributed by atoms with Gasteiger partial charge in [0.05, 0.1) is 6.42 Å². The van der Waals surface area contributed by atoms with Gasteiger partial charge in [-0.3, -0.25) is 9.59 Å². The number of ether oxygens (including phenoxy) is 1. The Kier molecular flexibility index (Phi) is 7.15. The van der Waals surface area contributed by atoms with E-state index in [0.717, 1.165) is 27.8 Å². The number of carbonyl (C=O) groups is 3. The number of benzene rings is 3. The van der Waals surface area contributed by atoms with Gasteiger partial charge in [0.1, 0.15) is 12.6 Å². The molecule has 3 aromatic rings. The molecule has 4 rings (SSSR count). The number of hydrogen-bond acceptors (Lipinski definition) is 4. The first-order valence-corrected chi connectivity index (χ1v) is 11.6. The largest absolute Gasteiger partial charge is 0.481 e. The number of carbonyl (C=O) groups excluding carboxylic acids is 2. The summed E-state index contributed by atoms with van der Waals surface area (Å²) in [4.78, 5) is 38.9. The first-order chi connectivity index (χ1) is 16.9. The standard InChI is InChI=1S/C28H28N2O5/c1-3-30(19-10-8-9-18(2)15-19)27(33)25(16-26(31)32)29-28(34)35-17-24-22-13-6-4-11-20(22)21-12-5-7-14-23(21)24/h4-15,24-25H,3,16-17H2,1-2H3,(H,29,34)(H,31,32). The van der Waals surface area contributed by atoms with Crippen molar-refractivity contribution < 1.29 is 24.2 Å². The summed E-state index contributed by atoms with van der Waals surface area (Å²) in [6.45, 7) is 4.10. The highest BCUT2D eigenvalue weighted by molar-refractivity contribution is 6.00. The lowest BCUT2D eigenvalue weighted by Crippen LogP contribution is -2.50. The number of nitrogens with one attached hydrogen (secondary N) is 1. The summed E-state index contributed by atoms with van der Waals surface area (Å²) in [7, 11) is 0. The predicted octanol–water partition coefficient (Wildman–Crippen LogP) is 4.73. The fourth-order valence-electron chi connectivity index (χ4n) is 4.61. The zero-order chi connectivity index (χ0) is 24.9. The molecule has 2 N–H and O–H groups in total. The third-order valence-electron chi connectivity index (χ3n) is 6.21. The van der Waals surface area contributed by atoms with E-state index in [2.05, 4.69) is 5.32 Å². The summed E-state index contributed by atoms with van der Waals surface area (Å²) < 4.78 is 5.53. The van der Waals surface area contributed by atoms with Gasteiger partial charge in [-0.1, -0.05) is 60.7 Å². The third-order valence-corrected chi connectivity index (χ3v) is 6.21. The van der Waals surface area contributed by atoms with Crippen LogP contribution in [0.25, 0.3) is 11.1 Å². The Bertz CT molecular complexity index is 1210. The van der Waals surface area contributed by atoms with Gasteiger partial charge in [0, 0.05) is 18.2 Å². The molecule has 3 aromatic carbocycles. The maximum absolute atomic E-state index is 13.2. The van der Waals surface area contributed by atoms with Crippen molar-refractivity contribution in [3.8, 4) is 11.1 Å². The Morgan fingerprint density at radius 3 is 2.17 bits per heavy atom. The quantitative estimate of drug-likeness (QED) is 0.494. The number of likely N-dealkylation sites (N-methyl/N-ethyl adjacent to an activating group) is 1. The molecule has 0 fully saturated rings. The van der Waals surface area contributed by atoms with Crippen molar-refractivity contribution in [3.63, 3.8) is 0 Å². The predicted molar refractivity (Wildman–Crippen MR) is 133 cm³/mol. The van der Waals surface area contributed by atoms with Gasteiger partial charge in [-0.05, 0) is 53.8 Å². The van der Waals surface area contributed by atoms with E-state index in [1.807, 2.05) is 73.7 Å². The van der Waals surface area contributed by atoms with Crippen LogP contribution in [-0.4, -0.2) is 42.3 Å². The summed E-state index contributed by atoms with van der Waals surface area (Å²) >= 11 is 0. The van der Waals surface area contributed by atoms with E-state index in [-0.39, 0.29) is 12.5 Å². The lowest BCUT2D eigenvalue weighted by atomic mass is 9.98. The highest BCUT2D eigenvalue weighted by Gasteiger charge is 2.31. The van der Waals surface area contributed by atoms with Crippen molar-refractivity contribution in [3.05, 3.63) is 89.5 Å². The molecule has 0 aliphatic heterocycles. The summed E-state index contributed by atoms with van der Waals surface area (Å²) in [5.41, 5.74) is 5.95. The van der Waals surface area contributed by atoms with Crippen LogP contribution < -0.4 is 10.2 Å². The number of carboxylic acids is 1. The minimum atomic E-state index is -1.26. The van der Waals surface area contributed by atoms with Crippen LogP contribution in [0.15, 0.2) is 72.8 Å². The maximum atomic E-state index is 13.2. The lowest BCUT2D eigenvalue weighted by Gasteiger charge is -2.26. The molecule has 0 bridgehead atoms. The van der Waals surface area contributed by atoms with E-state index in [9.17, 15) is 19.5 Å². The van der Waals surface area contributed by atoms with Gasteiger partial charge < -0.3 is 20.1 Å².